The van der Waals surface area contributed by atoms with Crippen LogP contribution in [0.2, 0.25) is 0 Å². The molecule has 0 saturated carbocycles. The maximum absolute atomic E-state index is 8.81. The summed E-state index contributed by atoms with van der Waals surface area (Å²) in [4.78, 5) is 8.81. The third-order valence-corrected chi connectivity index (χ3v) is 0. The van der Waals surface area contributed by atoms with Crippen molar-refractivity contribution >= 4 is 57.7 Å². The molecule has 19 valence electrons. The predicted octanol–water partition coefficient (Wildman–Crippen LogP) is -0.176. The van der Waals surface area contributed by atoms with E-state index in [0.717, 1.165) is 6.29 Å². The fourth-order valence-electron chi connectivity index (χ4n) is 0. The molecular formula is C2H4KO. The first-order chi connectivity index (χ1) is 1.41. The molecule has 0 atom stereocenters. The molecule has 2 heteroatoms. The fourth-order valence-corrected chi connectivity index (χ4v) is 0. The number of hydrogen-bond donors (Lipinski definition) is 0. The number of carbonyl (C=O) groups excluding carboxylic acids is 1. The molecule has 0 fully saturated rings. The van der Waals surface area contributed by atoms with E-state index in [4.69, 9.17) is 4.79 Å². The van der Waals surface area contributed by atoms with Crippen LogP contribution in [0.5, 0.6) is 0 Å². The van der Waals surface area contributed by atoms with Crippen molar-refractivity contribution in [3.8, 4) is 0 Å². The Hall–Kier alpha value is 1.31. The Labute approximate surface area is 68.2 Å². The zero-order valence-corrected chi connectivity index (χ0v) is 6.11. The van der Waals surface area contributed by atoms with Crippen LogP contribution in [0.15, 0.2) is 0 Å². The SMILES string of the molecule is CC=O.[K]. The Balaban J connectivity index is 0. The Bertz CT molecular complexity index is 13.5. The van der Waals surface area contributed by atoms with Crippen LogP contribution in [-0.4, -0.2) is 57.7 Å². The minimum absolute atomic E-state index is 0. The van der Waals surface area contributed by atoms with Crippen LogP contribution in [0.3, 0.4) is 0 Å². The molecule has 0 saturated heterocycles. The predicted molar refractivity (Wildman–Crippen MR) is 17.5 cm³/mol. The molecule has 0 aromatic heterocycles. The number of carbonyl (C=O) groups is 1. The van der Waals surface area contributed by atoms with Crippen molar-refractivity contribution in [2.45, 2.75) is 6.92 Å². The van der Waals surface area contributed by atoms with Crippen molar-refractivity contribution in [1.82, 2.24) is 0 Å². The Morgan fingerprint density at radius 3 is 1.75 bits per heavy atom. The molecule has 0 aromatic rings. The van der Waals surface area contributed by atoms with Gasteiger partial charge in [0.1, 0.15) is 6.29 Å². The normalized spacial score (nSPS) is 3.25. The Morgan fingerprint density at radius 1 is 1.75 bits per heavy atom. The summed E-state index contributed by atoms with van der Waals surface area (Å²) in [5.41, 5.74) is 0. The number of rotatable bonds is 0. The van der Waals surface area contributed by atoms with Gasteiger partial charge in [-0.3, -0.25) is 0 Å². The van der Waals surface area contributed by atoms with Crippen molar-refractivity contribution in [2.24, 2.45) is 0 Å². The standard InChI is InChI=1S/C2H4O.K/c1-2-3;/h2H,1H3;. The largest absolute Gasteiger partial charge is 0.304 e. The van der Waals surface area contributed by atoms with E-state index in [2.05, 4.69) is 0 Å². The van der Waals surface area contributed by atoms with E-state index in [1.807, 2.05) is 0 Å². The second kappa shape index (κ2) is 8.85. The van der Waals surface area contributed by atoms with E-state index < -0.39 is 0 Å². The molecule has 0 N–H and O–H groups in total. The third-order valence-electron chi connectivity index (χ3n) is 0. The topological polar surface area (TPSA) is 17.1 Å². The van der Waals surface area contributed by atoms with Gasteiger partial charge in [-0.25, -0.2) is 0 Å². The molecule has 0 aliphatic carbocycles. The molecule has 0 aliphatic heterocycles. The van der Waals surface area contributed by atoms with Crippen molar-refractivity contribution in [3.05, 3.63) is 0 Å². The molecule has 0 heterocycles. The fraction of sp³-hybridized carbons (Fsp3) is 0.500. The van der Waals surface area contributed by atoms with Crippen LogP contribution in [0.25, 0.3) is 0 Å². The molecular weight excluding hydrogens is 79.1 g/mol. The monoisotopic (exact) mass is 83.0 g/mol. The number of aldehydes is 1. The summed E-state index contributed by atoms with van der Waals surface area (Å²) in [7, 11) is 0. The summed E-state index contributed by atoms with van der Waals surface area (Å²) >= 11 is 0. The van der Waals surface area contributed by atoms with E-state index in [1.165, 1.54) is 6.92 Å². The van der Waals surface area contributed by atoms with Crippen LogP contribution in [0.1, 0.15) is 6.92 Å². The summed E-state index contributed by atoms with van der Waals surface area (Å²) in [5.74, 6) is 0. The van der Waals surface area contributed by atoms with Crippen LogP contribution in [0.4, 0.5) is 0 Å². The molecule has 0 rings (SSSR count). The zero-order valence-electron chi connectivity index (χ0n) is 2.99. The van der Waals surface area contributed by atoms with Gasteiger partial charge in [0.05, 0.1) is 0 Å². The van der Waals surface area contributed by atoms with Gasteiger partial charge >= 0.3 is 0 Å². The zero-order chi connectivity index (χ0) is 2.71. The van der Waals surface area contributed by atoms with E-state index in [1.54, 1.807) is 0 Å². The molecule has 4 heavy (non-hydrogen) atoms. The molecule has 0 spiro atoms. The first-order valence-corrected chi connectivity index (χ1v) is 0.813. The summed E-state index contributed by atoms with van der Waals surface area (Å²) in [6, 6.07) is 0. The van der Waals surface area contributed by atoms with Gasteiger partial charge in [-0.05, 0) is 6.92 Å². The minimum Gasteiger partial charge on any atom is -0.304 e. The summed E-state index contributed by atoms with van der Waals surface area (Å²) in [6.45, 7) is 1.44. The van der Waals surface area contributed by atoms with Gasteiger partial charge in [0.2, 0.25) is 0 Å². The van der Waals surface area contributed by atoms with Crippen LogP contribution < -0.4 is 0 Å². The van der Waals surface area contributed by atoms with Gasteiger partial charge in [-0.2, -0.15) is 0 Å². The second-order valence-corrected chi connectivity index (χ2v) is 0.236. The quantitative estimate of drug-likeness (QED) is 0.293. The molecule has 0 aromatic carbocycles. The first kappa shape index (κ1) is 9.00. The molecule has 0 amide bonds. The van der Waals surface area contributed by atoms with E-state index in [0.29, 0.717) is 0 Å². The first-order valence-electron chi connectivity index (χ1n) is 0.813. The van der Waals surface area contributed by atoms with E-state index in [-0.39, 0.29) is 51.4 Å². The van der Waals surface area contributed by atoms with Crippen molar-refractivity contribution < 1.29 is 4.79 Å². The van der Waals surface area contributed by atoms with Crippen molar-refractivity contribution in [1.29, 1.82) is 0 Å². The summed E-state index contributed by atoms with van der Waals surface area (Å²) in [5, 5.41) is 0. The smallest absolute Gasteiger partial charge is 0.116 e. The van der Waals surface area contributed by atoms with Crippen molar-refractivity contribution in [3.63, 3.8) is 0 Å². The Morgan fingerprint density at radius 2 is 1.75 bits per heavy atom. The molecule has 0 aliphatic rings. The van der Waals surface area contributed by atoms with Gasteiger partial charge in [0, 0.05) is 51.4 Å². The van der Waals surface area contributed by atoms with E-state index in [9.17, 15) is 0 Å². The van der Waals surface area contributed by atoms with E-state index >= 15 is 0 Å². The van der Waals surface area contributed by atoms with Gasteiger partial charge < -0.3 is 4.79 Å². The van der Waals surface area contributed by atoms with Gasteiger partial charge in [0.15, 0.2) is 0 Å². The number of hydrogen-bond acceptors (Lipinski definition) is 1. The summed E-state index contributed by atoms with van der Waals surface area (Å²) in [6.07, 6.45) is 0.750. The average Bonchev–Trinajstić information content (AvgIpc) is 0.918. The van der Waals surface area contributed by atoms with Crippen LogP contribution in [-0.2, 0) is 4.79 Å². The Kier molecular flexibility index (Phi) is 19.9. The van der Waals surface area contributed by atoms with Gasteiger partial charge in [0.25, 0.3) is 0 Å². The molecule has 1 radical (unpaired) electrons. The summed E-state index contributed by atoms with van der Waals surface area (Å²) < 4.78 is 0. The van der Waals surface area contributed by atoms with Crippen molar-refractivity contribution in [2.75, 3.05) is 0 Å². The molecule has 1 nitrogen and oxygen atoms in total. The van der Waals surface area contributed by atoms with Gasteiger partial charge in [-0.1, -0.05) is 0 Å². The molecule has 0 bridgehead atoms. The second-order valence-electron chi connectivity index (χ2n) is 0.236. The van der Waals surface area contributed by atoms with Gasteiger partial charge in [-0.15, -0.1) is 0 Å². The average molecular weight is 83.2 g/mol. The van der Waals surface area contributed by atoms with Crippen LogP contribution >= 0.6 is 0 Å². The maximum atomic E-state index is 8.81. The minimum atomic E-state index is 0. The molecule has 0 unspecified atom stereocenters. The maximum Gasteiger partial charge on any atom is 0.116 e. The third kappa shape index (κ3) is 10.3. The van der Waals surface area contributed by atoms with Crippen LogP contribution in [0, 0.1) is 0 Å².